The minimum Gasteiger partial charge on any atom is -0.157 e. The number of halogens is 2. The second-order valence-electron chi connectivity index (χ2n) is 6.30. The van der Waals surface area contributed by atoms with Crippen LogP contribution in [0.3, 0.4) is 0 Å². The maximum Gasteiger partial charge on any atom is -0.0395 e. The van der Waals surface area contributed by atoms with Gasteiger partial charge in [0.2, 0.25) is 0 Å². The fraction of sp³-hybridized carbons (Fsp3) is 0.227. The van der Waals surface area contributed by atoms with Gasteiger partial charge in [0, 0.05) is 0 Å². The van der Waals surface area contributed by atoms with E-state index in [-0.39, 0.29) is 7.53 Å². The Bertz CT molecular complexity index is 855. The van der Waals surface area contributed by atoms with Gasteiger partial charge in [0.05, 0.1) is 0 Å². The van der Waals surface area contributed by atoms with Crippen LogP contribution in [-0.4, -0.2) is 0 Å². The minimum absolute atomic E-state index is 0.148. The molecule has 4 rings (SSSR count). The first-order chi connectivity index (χ1) is 12.5. The molecule has 0 radical (unpaired) electrons. The quantitative estimate of drug-likeness (QED) is 0.306. The summed E-state index contributed by atoms with van der Waals surface area (Å²) in [5.74, 6) is 5.15. The smallest absolute Gasteiger partial charge is 0.0395 e. The number of hydrogen-bond donors (Lipinski definition) is 0. The van der Waals surface area contributed by atoms with Gasteiger partial charge in [-0.3, -0.25) is 6.08 Å². The largest absolute Gasteiger partial charge is 0.157 e. The van der Waals surface area contributed by atoms with Crippen LogP contribution in [0.25, 0.3) is 16.1 Å². The SMILES string of the molecule is CC1=[C-]C(C)C(C)=C1C.[Cl][Zr+2][Cl].c1ccc2[cH-]c(-p3cccc3)cc2c1. The van der Waals surface area contributed by atoms with Crippen molar-refractivity contribution >= 4 is 35.3 Å². The molecular weight excluding hydrogens is 457 g/mol. The predicted molar refractivity (Wildman–Crippen MR) is 115 cm³/mol. The Kier molecular flexibility index (Phi) is 9.06. The summed E-state index contributed by atoms with van der Waals surface area (Å²) < 4.78 is 0. The van der Waals surface area contributed by atoms with Gasteiger partial charge in [-0.05, 0) is 11.6 Å². The number of fused-ring (bicyclic) bond motifs is 1. The molecule has 0 fully saturated rings. The summed E-state index contributed by atoms with van der Waals surface area (Å²) in [5.41, 5.74) is 4.25. The zero-order valence-electron chi connectivity index (χ0n) is 15.6. The molecule has 1 unspecified atom stereocenters. The van der Waals surface area contributed by atoms with Crippen LogP contribution >= 0.6 is 24.6 Å². The standard InChI is InChI=1S/C13H10P.C9H13.2ClH.Zr/c1-2-6-12-10-13(9-11(12)5-1)14-7-3-4-8-14;1-6-5-7(2)9(4)8(6)3;;;/h1-10H;6H,1-4H3;2*1H;/q2*-1;;;+4/p-2. The Morgan fingerprint density at radius 1 is 1.04 bits per heavy atom. The van der Waals surface area contributed by atoms with E-state index in [2.05, 4.69) is 93.9 Å². The van der Waals surface area contributed by atoms with Crippen molar-refractivity contribution in [3.8, 4) is 5.30 Å². The Balaban J connectivity index is 0.000000175. The van der Waals surface area contributed by atoms with E-state index < -0.39 is 20.8 Å². The van der Waals surface area contributed by atoms with Gasteiger partial charge in [-0.1, -0.05) is 50.2 Å². The third kappa shape index (κ3) is 5.77. The van der Waals surface area contributed by atoms with Crippen LogP contribution in [0.15, 0.2) is 76.8 Å². The molecule has 1 atom stereocenters. The average Bonchev–Trinajstić information content (AvgIpc) is 3.34. The maximum atomic E-state index is 4.93. The molecule has 4 heteroatoms. The Morgan fingerprint density at radius 3 is 2.12 bits per heavy atom. The third-order valence-electron chi connectivity index (χ3n) is 4.74. The molecule has 1 aliphatic carbocycles. The molecule has 3 aromatic rings. The second-order valence-corrected chi connectivity index (χ2v) is 12.0. The normalized spacial score (nSPS) is 15.6. The van der Waals surface area contributed by atoms with Gasteiger partial charge < -0.3 is 0 Å². The van der Waals surface area contributed by atoms with E-state index >= 15 is 0 Å². The van der Waals surface area contributed by atoms with Crippen LogP contribution in [0.2, 0.25) is 0 Å². The summed E-state index contributed by atoms with van der Waals surface area (Å²) in [6.45, 7) is 8.67. The van der Waals surface area contributed by atoms with Crippen molar-refractivity contribution < 1.29 is 20.8 Å². The van der Waals surface area contributed by atoms with Crippen molar-refractivity contribution in [2.45, 2.75) is 27.7 Å². The molecule has 134 valence electrons. The van der Waals surface area contributed by atoms with Gasteiger partial charge in [-0.15, -0.1) is 49.5 Å². The molecular formula is C22H23Cl2PZr. The van der Waals surface area contributed by atoms with Gasteiger partial charge in [-0.25, -0.2) is 5.57 Å². The maximum absolute atomic E-state index is 4.93. The number of benzene rings is 1. The summed E-state index contributed by atoms with van der Waals surface area (Å²) in [7, 11) is 9.72. The van der Waals surface area contributed by atoms with Crippen molar-refractivity contribution in [3.63, 3.8) is 0 Å². The van der Waals surface area contributed by atoms with Gasteiger partial charge in [0.15, 0.2) is 0 Å². The van der Waals surface area contributed by atoms with Crippen molar-refractivity contribution in [3.05, 3.63) is 82.9 Å². The Labute approximate surface area is 177 Å². The van der Waals surface area contributed by atoms with Crippen LogP contribution in [0.4, 0.5) is 0 Å². The van der Waals surface area contributed by atoms with Crippen LogP contribution in [0.1, 0.15) is 27.7 Å². The van der Waals surface area contributed by atoms with Crippen molar-refractivity contribution in [2.75, 3.05) is 0 Å². The fourth-order valence-corrected chi connectivity index (χ4v) is 4.54. The second kappa shape index (κ2) is 10.8. The monoisotopic (exact) mass is 478 g/mol. The minimum atomic E-state index is -0.826. The predicted octanol–water partition coefficient (Wildman–Crippen LogP) is 8.63. The van der Waals surface area contributed by atoms with Crippen LogP contribution in [-0.2, 0) is 20.8 Å². The average molecular weight is 481 g/mol. The molecule has 0 amide bonds. The first-order valence-corrected chi connectivity index (χ1v) is 16.3. The van der Waals surface area contributed by atoms with Crippen molar-refractivity contribution in [2.24, 2.45) is 5.92 Å². The van der Waals surface area contributed by atoms with Gasteiger partial charge >= 0.3 is 37.9 Å². The zero-order valence-corrected chi connectivity index (χ0v) is 20.4. The molecule has 0 bridgehead atoms. The molecule has 0 saturated heterocycles. The molecule has 0 aliphatic heterocycles. The summed E-state index contributed by atoms with van der Waals surface area (Å²) in [4.78, 5) is 0. The first-order valence-electron chi connectivity index (χ1n) is 8.50. The van der Waals surface area contributed by atoms with Gasteiger partial charge in [-0.2, -0.15) is 17.2 Å². The molecule has 2 aromatic carbocycles. The molecule has 26 heavy (non-hydrogen) atoms. The van der Waals surface area contributed by atoms with Crippen LogP contribution in [0.5, 0.6) is 0 Å². The fourth-order valence-electron chi connectivity index (χ4n) is 2.95. The van der Waals surface area contributed by atoms with E-state index in [1.807, 2.05) is 0 Å². The summed E-state index contributed by atoms with van der Waals surface area (Å²) in [6.07, 6.45) is 3.36. The first kappa shape index (κ1) is 21.8. The van der Waals surface area contributed by atoms with E-state index in [0.717, 1.165) is 0 Å². The van der Waals surface area contributed by atoms with E-state index in [4.69, 9.17) is 17.0 Å². The van der Waals surface area contributed by atoms with E-state index in [1.165, 1.54) is 32.8 Å². The summed E-state index contributed by atoms with van der Waals surface area (Å²) in [6, 6.07) is 17.4. The Morgan fingerprint density at radius 2 is 1.65 bits per heavy atom. The Hall–Kier alpha value is -0.447. The van der Waals surface area contributed by atoms with Crippen LogP contribution < -0.4 is 0 Å². The van der Waals surface area contributed by atoms with Crippen LogP contribution in [0, 0.1) is 12.0 Å². The molecule has 0 saturated carbocycles. The van der Waals surface area contributed by atoms with Gasteiger partial charge in [0.25, 0.3) is 0 Å². The van der Waals surface area contributed by atoms with E-state index in [0.29, 0.717) is 5.92 Å². The van der Waals surface area contributed by atoms with Gasteiger partial charge in [0.1, 0.15) is 0 Å². The molecule has 0 nitrogen and oxygen atoms in total. The summed E-state index contributed by atoms with van der Waals surface area (Å²) in [5, 5.41) is 4.18. The molecule has 0 N–H and O–H groups in total. The topological polar surface area (TPSA) is 0 Å². The molecule has 1 aliphatic rings. The number of allylic oxidation sites excluding steroid dienone is 4. The van der Waals surface area contributed by atoms with Crippen molar-refractivity contribution in [1.82, 2.24) is 0 Å². The zero-order chi connectivity index (χ0) is 19.1. The molecule has 1 aromatic heterocycles. The summed E-state index contributed by atoms with van der Waals surface area (Å²) >= 11 is -0.826. The third-order valence-corrected chi connectivity index (χ3v) is 6.58. The molecule has 1 heterocycles. The van der Waals surface area contributed by atoms with Crippen molar-refractivity contribution in [1.29, 1.82) is 0 Å². The molecule has 0 spiro atoms. The number of rotatable bonds is 1. The van der Waals surface area contributed by atoms with E-state index in [1.54, 1.807) is 0 Å². The number of hydrogen-bond acceptors (Lipinski definition) is 0. The van der Waals surface area contributed by atoms with E-state index in [9.17, 15) is 0 Å².